The third-order valence-corrected chi connectivity index (χ3v) is 6.05. The molecule has 4 nitrogen and oxygen atoms in total. The number of hydrogen-bond donors (Lipinski definition) is 1. The number of esters is 1. The van der Waals surface area contributed by atoms with Crippen LogP contribution in [0.4, 0.5) is 0 Å². The highest BCUT2D eigenvalue weighted by molar-refractivity contribution is 5.93. The first-order valence-electron chi connectivity index (χ1n) is 8.53. The lowest BCUT2D eigenvalue weighted by molar-refractivity contribution is -0.147. The van der Waals surface area contributed by atoms with E-state index in [1.54, 1.807) is 12.1 Å². The summed E-state index contributed by atoms with van der Waals surface area (Å²) in [6.07, 6.45) is 6.82. The standard InChI is InChI=1S/C19H22O4/c20-16-3-1-2-15(7-16)18(22)23-11-17(21)19-8-12-4-13(9-19)6-14(5-12)10-19/h1-3,7,12-14,20H,4-6,8-11H2. The Kier molecular flexibility index (Phi) is 3.43. The Balaban J connectivity index is 1.41. The highest BCUT2D eigenvalue weighted by Gasteiger charge is 2.54. The quantitative estimate of drug-likeness (QED) is 0.866. The van der Waals surface area contributed by atoms with E-state index in [0.29, 0.717) is 17.8 Å². The molecule has 1 aromatic carbocycles. The molecule has 4 bridgehead atoms. The Morgan fingerprint density at radius 1 is 1.09 bits per heavy atom. The third kappa shape index (κ3) is 2.64. The average molecular weight is 314 g/mol. The third-order valence-electron chi connectivity index (χ3n) is 6.05. The number of ether oxygens (including phenoxy) is 1. The summed E-state index contributed by atoms with van der Waals surface area (Å²) in [6.45, 7) is -0.138. The molecular weight excluding hydrogens is 292 g/mol. The van der Waals surface area contributed by atoms with Crippen LogP contribution in [0.1, 0.15) is 48.9 Å². The molecule has 5 rings (SSSR count). The number of hydrogen-bond acceptors (Lipinski definition) is 4. The van der Waals surface area contributed by atoms with Crippen LogP contribution in [0.15, 0.2) is 24.3 Å². The molecule has 0 atom stereocenters. The number of carbonyl (C=O) groups excluding carboxylic acids is 2. The van der Waals surface area contributed by atoms with Crippen molar-refractivity contribution in [2.75, 3.05) is 6.61 Å². The summed E-state index contributed by atoms with van der Waals surface area (Å²) >= 11 is 0. The number of Topliss-reactive ketones (excluding diaryl/α,β-unsaturated/α-hetero) is 1. The van der Waals surface area contributed by atoms with Crippen molar-refractivity contribution in [3.63, 3.8) is 0 Å². The zero-order valence-corrected chi connectivity index (χ0v) is 13.2. The number of aromatic hydroxyl groups is 1. The number of carbonyl (C=O) groups is 2. The van der Waals surface area contributed by atoms with E-state index < -0.39 is 5.97 Å². The summed E-state index contributed by atoms with van der Waals surface area (Å²) in [5, 5.41) is 9.42. The highest BCUT2D eigenvalue weighted by atomic mass is 16.5. The van der Waals surface area contributed by atoms with Crippen LogP contribution in [-0.4, -0.2) is 23.5 Å². The molecule has 0 aliphatic heterocycles. The second kappa shape index (κ2) is 5.36. The van der Waals surface area contributed by atoms with Crippen LogP contribution in [0.3, 0.4) is 0 Å². The Morgan fingerprint density at radius 2 is 1.70 bits per heavy atom. The monoisotopic (exact) mass is 314 g/mol. The fourth-order valence-electron chi connectivity index (χ4n) is 5.45. The van der Waals surface area contributed by atoms with Crippen molar-refractivity contribution in [1.29, 1.82) is 0 Å². The van der Waals surface area contributed by atoms with E-state index in [1.807, 2.05) is 0 Å². The lowest BCUT2D eigenvalue weighted by Crippen LogP contribution is -2.51. The summed E-state index contributed by atoms with van der Waals surface area (Å²) in [5.74, 6) is 1.68. The maximum atomic E-state index is 12.8. The Labute approximate surface area is 135 Å². The van der Waals surface area contributed by atoms with Gasteiger partial charge in [0, 0.05) is 5.41 Å². The van der Waals surface area contributed by atoms with Crippen molar-refractivity contribution >= 4 is 11.8 Å². The maximum absolute atomic E-state index is 12.8. The second-order valence-corrected chi connectivity index (χ2v) is 7.75. The Morgan fingerprint density at radius 3 is 2.26 bits per heavy atom. The minimum absolute atomic E-state index is 0.0202. The molecule has 4 fully saturated rings. The van der Waals surface area contributed by atoms with Crippen LogP contribution in [0.5, 0.6) is 5.75 Å². The van der Waals surface area contributed by atoms with Crippen molar-refractivity contribution < 1.29 is 19.4 Å². The molecule has 4 saturated carbocycles. The summed E-state index contributed by atoms with van der Waals surface area (Å²) in [5.41, 5.74) is 0.0525. The van der Waals surface area contributed by atoms with Crippen LogP contribution in [-0.2, 0) is 9.53 Å². The molecule has 122 valence electrons. The maximum Gasteiger partial charge on any atom is 0.338 e. The predicted octanol–water partition coefficient (Wildman–Crippen LogP) is 3.33. The molecule has 0 radical (unpaired) electrons. The highest BCUT2D eigenvalue weighted by Crippen LogP contribution is 2.60. The van der Waals surface area contributed by atoms with Gasteiger partial charge in [0.05, 0.1) is 5.56 Å². The first kappa shape index (κ1) is 14.7. The van der Waals surface area contributed by atoms with Gasteiger partial charge in [-0.25, -0.2) is 4.79 Å². The SMILES string of the molecule is O=C(OCC(=O)C12CC3CC(CC(C3)C1)C2)c1cccc(O)c1. The average Bonchev–Trinajstić information content (AvgIpc) is 2.51. The first-order chi connectivity index (χ1) is 11.0. The van der Waals surface area contributed by atoms with Crippen LogP contribution < -0.4 is 0 Å². The van der Waals surface area contributed by atoms with Gasteiger partial charge >= 0.3 is 5.97 Å². The first-order valence-corrected chi connectivity index (χ1v) is 8.53. The molecule has 23 heavy (non-hydrogen) atoms. The molecule has 0 amide bonds. The molecular formula is C19H22O4. The van der Waals surface area contributed by atoms with Crippen LogP contribution in [0, 0.1) is 23.2 Å². The van der Waals surface area contributed by atoms with Gasteiger partial charge in [0.25, 0.3) is 0 Å². The molecule has 4 aliphatic rings. The van der Waals surface area contributed by atoms with E-state index in [-0.39, 0.29) is 29.1 Å². The van der Waals surface area contributed by atoms with Crippen molar-refractivity contribution in [2.24, 2.45) is 23.2 Å². The summed E-state index contributed by atoms with van der Waals surface area (Å²) in [6, 6.07) is 6.03. The van der Waals surface area contributed by atoms with E-state index in [1.165, 1.54) is 31.4 Å². The van der Waals surface area contributed by atoms with Gasteiger partial charge in [-0.1, -0.05) is 6.07 Å². The zero-order chi connectivity index (χ0) is 16.0. The number of phenolic OH excluding ortho intramolecular Hbond substituents is 1. The molecule has 0 aromatic heterocycles. The molecule has 1 N–H and O–H groups in total. The number of rotatable bonds is 4. The Bertz CT molecular complexity index is 613. The molecule has 0 heterocycles. The van der Waals surface area contributed by atoms with Crippen LogP contribution in [0.2, 0.25) is 0 Å². The zero-order valence-electron chi connectivity index (χ0n) is 13.2. The molecule has 4 aliphatic carbocycles. The molecule has 0 saturated heterocycles. The van der Waals surface area contributed by atoms with E-state index >= 15 is 0 Å². The van der Waals surface area contributed by atoms with Gasteiger partial charge in [-0.2, -0.15) is 0 Å². The second-order valence-electron chi connectivity index (χ2n) is 7.75. The van der Waals surface area contributed by atoms with Crippen molar-refractivity contribution in [3.05, 3.63) is 29.8 Å². The smallest absolute Gasteiger partial charge is 0.338 e. The topological polar surface area (TPSA) is 63.6 Å². The molecule has 4 heteroatoms. The lowest BCUT2D eigenvalue weighted by Gasteiger charge is -2.55. The minimum Gasteiger partial charge on any atom is -0.508 e. The number of ketones is 1. The van der Waals surface area contributed by atoms with Crippen molar-refractivity contribution in [2.45, 2.75) is 38.5 Å². The van der Waals surface area contributed by atoms with E-state index in [2.05, 4.69) is 0 Å². The van der Waals surface area contributed by atoms with Crippen LogP contribution >= 0.6 is 0 Å². The largest absolute Gasteiger partial charge is 0.508 e. The van der Waals surface area contributed by atoms with Crippen molar-refractivity contribution in [1.82, 2.24) is 0 Å². The fourth-order valence-corrected chi connectivity index (χ4v) is 5.45. The summed E-state index contributed by atoms with van der Waals surface area (Å²) < 4.78 is 5.23. The fraction of sp³-hybridized carbons (Fsp3) is 0.579. The van der Waals surface area contributed by atoms with Gasteiger partial charge in [0.1, 0.15) is 5.75 Å². The predicted molar refractivity (Wildman–Crippen MR) is 84.0 cm³/mol. The summed E-state index contributed by atoms with van der Waals surface area (Å²) in [7, 11) is 0. The van der Waals surface area contributed by atoms with E-state index in [9.17, 15) is 14.7 Å². The summed E-state index contributed by atoms with van der Waals surface area (Å²) in [4.78, 5) is 24.8. The minimum atomic E-state index is -0.543. The Hall–Kier alpha value is -1.84. The molecule has 0 spiro atoms. The van der Waals surface area contributed by atoms with E-state index in [4.69, 9.17) is 4.74 Å². The van der Waals surface area contributed by atoms with Gasteiger partial charge in [-0.15, -0.1) is 0 Å². The van der Waals surface area contributed by atoms with Gasteiger partial charge in [-0.05, 0) is 74.5 Å². The van der Waals surface area contributed by atoms with Crippen LogP contribution in [0.25, 0.3) is 0 Å². The normalized spacial score (nSPS) is 34.3. The van der Waals surface area contributed by atoms with Gasteiger partial charge < -0.3 is 9.84 Å². The lowest BCUT2D eigenvalue weighted by atomic mass is 9.48. The molecule has 0 unspecified atom stereocenters. The van der Waals surface area contributed by atoms with Crippen molar-refractivity contribution in [3.8, 4) is 5.75 Å². The number of phenols is 1. The van der Waals surface area contributed by atoms with Gasteiger partial charge in [-0.3, -0.25) is 4.79 Å². The van der Waals surface area contributed by atoms with Gasteiger partial charge in [0.2, 0.25) is 0 Å². The molecule has 1 aromatic rings. The van der Waals surface area contributed by atoms with E-state index in [0.717, 1.165) is 19.3 Å². The van der Waals surface area contributed by atoms with Gasteiger partial charge in [0.15, 0.2) is 12.4 Å². The number of benzene rings is 1.